The third-order valence-corrected chi connectivity index (χ3v) is 5.78. The van der Waals surface area contributed by atoms with Gasteiger partial charge in [-0.2, -0.15) is 0 Å². The van der Waals surface area contributed by atoms with Crippen LogP contribution in [0.3, 0.4) is 0 Å². The van der Waals surface area contributed by atoms with Crippen LogP contribution in [0.2, 0.25) is 0 Å². The number of rotatable bonds is 8. The molecule has 0 spiro atoms. The number of piperidine rings is 1. The number of benzene rings is 1. The number of esters is 1. The number of ether oxygens (including phenoxy) is 1. The van der Waals surface area contributed by atoms with Gasteiger partial charge in [-0.15, -0.1) is 0 Å². The van der Waals surface area contributed by atoms with E-state index in [-0.39, 0.29) is 18.1 Å². The second kappa shape index (κ2) is 9.69. The van der Waals surface area contributed by atoms with Gasteiger partial charge in [-0.25, -0.2) is 14.3 Å². The Labute approximate surface area is 180 Å². The van der Waals surface area contributed by atoms with Gasteiger partial charge in [0.2, 0.25) is 5.91 Å². The van der Waals surface area contributed by atoms with E-state index in [9.17, 15) is 19.7 Å². The summed E-state index contributed by atoms with van der Waals surface area (Å²) in [5.74, 6) is -0.619. The van der Waals surface area contributed by atoms with Gasteiger partial charge in [0.15, 0.2) is 6.33 Å². The summed E-state index contributed by atoms with van der Waals surface area (Å²) in [6.45, 7) is 3.87. The van der Waals surface area contributed by atoms with Crippen LogP contribution in [0, 0.1) is 10.1 Å². The normalized spacial score (nSPS) is 15.9. The molecule has 0 radical (unpaired) electrons. The minimum absolute atomic E-state index is 0.0512. The van der Waals surface area contributed by atoms with Crippen molar-refractivity contribution >= 4 is 23.4 Å². The summed E-state index contributed by atoms with van der Waals surface area (Å²) in [6, 6.07) is 9.18. The molecule has 1 aromatic heterocycles. The van der Waals surface area contributed by atoms with E-state index in [1.807, 2.05) is 30.3 Å². The second-order valence-electron chi connectivity index (χ2n) is 7.49. The molecule has 2 heterocycles. The molecule has 2 aromatic rings. The van der Waals surface area contributed by atoms with Crippen molar-refractivity contribution in [1.29, 1.82) is 0 Å². The van der Waals surface area contributed by atoms with Gasteiger partial charge in [-0.05, 0) is 29.9 Å². The van der Waals surface area contributed by atoms with Crippen LogP contribution < -0.4 is 4.90 Å². The van der Waals surface area contributed by atoms with Gasteiger partial charge >= 0.3 is 11.8 Å². The maximum atomic E-state index is 13.0. The highest BCUT2D eigenvalue weighted by molar-refractivity contribution is 6.02. The molecule has 0 saturated carbocycles. The molecular formula is C21H27N5O5. The van der Waals surface area contributed by atoms with Crippen LogP contribution in [0.4, 0.5) is 11.5 Å². The van der Waals surface area contributed by atoms with Crippen molar-refractivity contribution in [1.82, 2.24) is 14.5 Å². The third kappa shape index (κ3) is 4.58. The van der Waals surface area contributed by atoms with E-state index in [4.69, 9.17) is 4.74 Å². The van der Waals surface area contributed by atoms with Crippen LogP contribution >= 0.6 is 0 Å². The standard InChI is InChI=1S/C21H27N5O5/c1-3-19(27)25(17-7-5-4-6-8-17)21(20(28)31-2)9-11-23(12-10-21)13-14-24-16-22-15-18(24)26(29)30/h4-8,15-16H,3,9-14H2,1-2H3. The number of methoxy groups -OCH3 is 1. The Hall–Kier alpha value is -3.27. The molecule has 10 nitrogen and oxygen atoms in total. The zero-order chi connectivity index (χ0) is 22.4. The van der Waals surface area contributed by atoms with E-state index in [2.05, 4.69) is 9.88 Å². The molecule has 3 rings (SSSR count). The highest BCUT2D eigenvalue weighted by Gasteiger charge is 2.49. The first-order valence-corrected chi connectivity index (χ1v) is 10.3. The summed E-state index contributed by atoms with van der Waals surface area (Å²) in [5.41, 5.74) is -0.414. The summed E-state index contributed by atoms with van der Waals surface area (Å²) in [4.78, 5) is 44.1. The third-order valence-electron chi connectivity index (χ3n) is 5.78. The fourth-order valence-corrected chi connectivity index (χ4v) is 4.11. The molecule has 31 heavy (non-hydrogen) atoms. The van der Waals surface area contributed by atoms with Crippen LogP contribution in [0.5, 0.6) is 0 Å². The Morgan fingerprint density at radius 3 is 2.48 bits per heavy atom. The number of para-hydroxylation sites is 1. The van der Waals surface area contributed by atoms with Crippen molar-refractivity contribution in [3.63, 3.8) is 0 Å². The van der Waals surface area contributed by atoms with Gasteiger partial charge in [0, 0.05) is 31.7 Å². The number of imidazole rings is 1. The first kappa shape index (κ1) is 22.4. The predicted octanol–water partition coefficient (Wildman–Crippen LogP) is 2.24. The largest absolute Gasteiger partial charge is 0.467 e. The molecule has 1 aliphatic rings. The van der Waals surface area contributed by atoms with Crippen LogP contribution in [0.15, 0.2) is 42.9 Å². The Bertz CT molecular complexity index is 921. The summed E-state index contributed by atoms with van der Waals surface area (Å²) in [5, 5.41) is 11.1. The van der Waals surface area contributed by atoms with Crippen molar-refractivity contribution in [2.75, 3.05) is 31.6 Å². The fourth-order valence-electron chi connectivity index (χ4n) is 4.11. The van der Waals surface area contributed by atoms with Gasteiger partial charge in [-0.3, -0.25) is 14.6 Å². The minimum atomic E-state index is -1.08. The molecule has 0 N–H and O–H groups in total. The number of nitro groups is 1. The van der Waals surface area contributed by atoms with E-state index in [0.29, 0.717) is 44.7 Å². The number of carbonyl (C=O) groups is 2. The van der Waals surface area contributed by atoms with Crippen molar-refractivity contribution in [3.8, 4) is 0 Å². The zero-order valence-corrected chi connectivity index (χ0v) is 17.8. The molecule has 10 heteroatoms. The van der Waals surface area contributed by atoms with E-state index < -0.39 is 16.4 Å². The zero-order valence-electron chi connectivity index (χ0n) is 17.8. The lowest BCUT2D eigenvalue weighted by Gasteiger charge is -2.46. The van der Waals surface area contributed by atoms with Gasteiger partial charge in [0.1, 0.15) is 18.3 Å². The average molecular weight is 429 g/mol. The lowest BCUT2D eigenvalue weighted by Crippen LogP contribution is -2.62. The van der Waals surface area contributed by atoms with Crippen LogP contribution in [-0.4, -0.2) is 63.5 Å². The van der Waals surface area contributed by atoms with Gasteiger partial charge in [0.05, 0.1) is 7.11 Å². The number of nitrogens with zero attached hydrogens (tertiary/aromatic N) is 5. The molecular weight excluding hydrogens is 402 g/mol. The molecule has 1 aromatic carbocycles. The molecule has 166 valence electrons. The maximum absolute atomic E-state index is 13.0. The Morgan fingerprint density at radius 1 is 1.23 bits per heavy atom. The van der Waals surface area contributed by atoms with Crippen molar-refractivity contribution in [3.05, 3.63) is 53.0 Å². The number of likely N-dealkylation sites (tertiary alicyclic amines) is 1. The molecule has 0 unspecified atom stereocenters. The lowest BCUT2D eigenvalue weighted by atomic mass is 9.84. The van der Waals surface area contributed by atoms with Crippen LogP contribution in [0.1, 0.15) is 26.2 Å². The topological polar surface area (TPSA) is 111 Å². The van der Waals surface area contributed by atoms with Crippen molar-refractivity contribution < 1.29 is 19.2 Å². The second-order valence-corrected chi connectivity index (χ2v) is 7.49. The Kier molecular flexibility index (Phi) is 7.01. The molecule has 1 saturated heterocycles. The first-order valence-electron chi connectivity index (χ1n) is 10.3. The van der Waals surface area contributed by atoms with E-state index in [1.54, 1.807) is 11.8 Å². The molecule has 1 aliphatic heterocycles. The summed E-state index contributed by atoms with van der Waals surface area (Å²) >= 11 is 0. The number of hydrogen-bond donors (Lipinski definition) is 0. The van der Waals surface area contributed by atoms with Crippen molar-refractivity contribution in [2.45, 2.75) is 38.3 Å². The highest BCUT2D eigenvalue weighted by Crippen LogP contribution is 2.35. The molecule has 1 fully saturated rings. The molecule has 0 bridgehead atoms. The highest BCUT2D eigenvalue weighted by atomic mass is 16.6. The van der Waals surface area contributed by atoms with Gasteiger partial charge < -0.3 is 14.9 Å². The number of aromatic nitrogens is 2. The number of carbonyl (C=O) groups excluding carboxylic acids is 2. The monoisotopic (exact) mass is 429 g/mol. The lowest BCUT2D eigenvalue weighted by molar-refractivity contribution is -0.392. The summed E-state index contributed by atoms with van der Waals surface area (Å²) in [7, 11) is 1.34. The molecule has 0 atom stereocenters. The average Bonchev–Trinajstić information content (AvgIpc) is 3.27. The fraction of sp³-hybridized carbons (Fsp3) is 0.476. The Balaban J connectivity index is 1.78. The van der Waals surface area contributed by atoms with E-state index >= 15 is 0 Å². The van der Waals surface area contributed by atoms with Crippen LogP contribution in [-0.2, 0) is 20.9 Å². The SMILES string of the molecule is CCC(=O)N(c1ccccc1)C1(C(=O)OC)CCN(CCn2cncc2[N+](=O)[O-])CC1. The van der Waals surface area contributed by atoms with Crippen LogP contribution in [0.25, 0.3) is 0 Å². The minimum Gasteiger partial charge on any atom is -0.467 e. The van der Waals surface area contributed by atoms with Gasteiger partial charge in [0.25, 0.3) is 0 Å². The quantitative estimate of drug-likeness (QED) is 0.359. The first-order chi connectivity index (χ1) is 14.9. The smallest absolute Gasteiger partial charge is 0.342 e. The van der Waals surface area contributed by atoms with Gasteiger partial charge in [-0.1, -0.05) is 25.1 Å². The predicted molar refractivity (Wildman–Crippen MR) is 114 cm³/mol. The van der Waals surface area contributed by atoms with E-state index in [0.717, 1.165) is 0 Å². The Morgan fingerprint density at radius 2 is 1.90 bits per heavy atom. The van der Waals surface area contributed by atoms with E-state index in [1.165, 1.54) is 24.2 Å². The molecule has 1 amide bonds. The number of hydrogen-bond acceptors (Lipinski definition) is 7. The summed E-state index contributed by atoms with van der Waals surface area (Å²) in [6.07, 6.45) is 3.75. The van der Waals surface area contributed by atoms with Crippen molar-refractivity contribution in [2.24, 2.45) is 0 Å². The maximum Gasteiger partial charge on any atom is 0.342 e. The number of anilines is 1. The summed E-state index contributed by atoms with van der Waals surface area (Å²) < 4.78 is 6.65. The molecule has 0 aliphatic carbocycles. The number of amides is 1.